The van der Waals surface area contributed by atoms with E-state index in [1.807, 2.05) is 0 Å². The summed E-state index contributed by atoms with van der Waals surface area (Å²) in [5.74, 6) is 15.7. The molecule has 0 saturated carbocycles. The first-order chi connectivity index (χ1) is 7.91. The molecule has 0 aliphatic rings. The SMILES string of the molecule is COCOCC#CC#CC#CCOCOC. The van der Waals surface area contributed by atoms with Crippen LogP contribution in [0.25, 0.3) is 0 Å². The molecule has 0 N–H and O–H groups in total. The van der Waals surface area contributed by atoms with E-state index < -0.39 is 0 Å². The minimum Gasteiger partial charge on any atom is -0.359 e. The van der Waals surface area contributed by atoms with Gasteiger partial charge in [0.05, 0.1) is 0 Å². The predicted octanol–water partition coefficient (Wildman–Crippen LogP) is 0.238. The molecule has 0 fully saturated rings. The standard InChI is InChI=1S/C12H14O4/c1-13-11-15-9-7-5-3-4-6-8-10-16-12-14-2/h9-12H2,1-2H3. The lowest BCUT2D eigenvalue weighted by molar-refractivity contribution is -0.0167. The summed E-state index contributed by atoms with van der Waals surface area (Å²) >= 11 is 0. The average Bonchev–Trinajstić information content (AvgIpc) is 2.31. The Hall–Kier alpha value is -1.48. The van der Waals surface area contributed by atoms with E-state index in [9.17, 15) is 0 Å². The van der Waals surface area contributed by atoms with Crippen LogP contribution in [0.2, 0.25) is 0 Å². The van der Waals surface area contributed by atoms with Gasteiger partial charge >= 0.3 is 0 Å². The summed E-state index contributed by atoms with van der Waals surface area (Å²) in [6.45, 7) is 1.07. The molecule has 0 atom stereocenters. The Kier molecular flexibility index (Phi) is 12.3. The van der Waals surface area contributed by atoms with Crippen molar-refractivity contribution in [1.82, 2.24) is 0 Å². The van der Waals surface area contributed by atoms with E-state index in [1.165, 1.54) is 0 Å². The molecule has 0 spiro atoms. The summed E-state index contributed by atoms with van der Waals surface area (Å²) in [6, 6.07) is 0. The number of ether oxygens (including phenoxy) is 4. The molecule has 0 aromatic carbocycles. The van der Waals surface area contributed by atoms with Gasteiger partial charge < -0.3 is 18.9 Å². The molecule has 0 amide bonds. The Morgan fingerprint density at radius 2 is 1.12 bits per heavy atom. The van der Waals surface area contributed by atoms with Gasteiger partial charge in [-0.1, -0.05) is 11.8 Å². The molecule has 0 aliphatic heterocycles. The third-order valence-corrected chi connectivity index (χ3v) is 1.12. The smallest absolute Gasteiger partial charge is 0.147 e. The third kappa shape index (κ3) is 12.5. The van der Waals surface area contributed by atoms with Crippen molar-refractivity contribution in [3.63, 3.8) is 0 Å². The molecule has 0 radical (unpaired) electrons. The highest BCUT2D eigenvalue weighted by Crippen LogP contribution is 1.72. The first kappa shape index (κ1) is 14.5. The molecule has 0 aromatic heterocycles. The molecule has 0 aliphatic carbocycles. The second-order valence-corrected chi connectivity index (χ2v) is 2.36. The summed E-state index contributed by atoms with van der Waals surface area (Å²) in [4.78, 5) is 0. The van der Waals surface area contributed by atoms with Crippen LogP contribution in [-0.2, 0) is 18.9 Å². The number of methoxy groups -OCH3 is 2. The average molecular weight is 222 g/mol. The largest absolute Gasteiger partial charge is 0.359 e. The van der Waals surface area contributed by atoms with Gasteiger partial charge in [0.1, 0.15) is 26.8 Å². The van der Waals surface area contributed by atoms with Crippen molar-refractivity contribution < 1.29 is 18.9 Å². The van der Waals surface area contributed by atoms with Crippen molar-refractivity contribution in [2.24, 2.45) is 0 Å². The van der Waals surface area contributed by atoms with E-state index in [0.29, 0.717) is 13.2 Å². The maximum atomic E-state index is 4.92. The fraction of sp³-hybridized carbons (Fsp3) is 0.500. The van der Waals surface area contributed by atoms with Crippen molar-refractivity contribution in [3.8, 4) is 35.5 Å². The highest BCUT2D eigenvalue weighted by atomic mass is 16.7. The van der Waals surface area contributed by atoms with E-state index in [-0.39, 0.29) is 13.6 Å². The van der Waals surface area contributed by atoms with Crippen LogP contribution in [0.3, 0.4) is 0 Å². The van der Waals surface area contributed by atoms with Crippen LogP contribution < -0.4 is 0 Å². The van der Waals surface area contributed by atoms with E-state index in [4.69, 9.17) is 9.47 Å². The number of hydrogen-bond acceptors (Lipinski definition) is 4. The van der Waals surface area contributed by atoms with Crippen LogP contribution in [0.15, 0.2) is 0 Å². The van der Waals surface area contributed by atoms with Crippen molar-refractivity contribution in [3.05, 3.63) is 0 Å². The molecule has 0 saturated heterocycles. The fourth-order valence-corrected chi connectivity index (χ4v) is 0.575. The lowest BCUT2D eigenvalue weighted by Gasteiger charge is -1.93. The van der Waals surface area contributed by atoms with E-state index >= 15 is 0 Å². The Morgan fingerprint density at radius 1 is 0.688 bits per heavy atom. The molecule has 0 aromatic rings. The maximum Gasteiger partial charge on any atom is 0.147 e. The third-order valence-electron chi connectivity index (χ3n) is 1.12. The van der Waals surface area contributed by atoms with E-state index in [1.54, 1.807) is 14.2 Å². The topological polar surface area (TPSA) is 36.9 Å². The summed E-state index contributed by atoms with van der Waals surface area (Å²) in [5, 5.41) is 0. The van der Waals surface area contributed by atoms with Gasteiger partial charge in [0.2, 0.25) is 0 Å². The lowest BCUT2D eigenvalue weighted by atomic mass is 10.5. The fourth-order valence-electron chi connectivity index (χ4n) is 0.575. The van der Waals surface area contributed by atoms with Gasteiger partial charge in [-0.15, -0.1) is 0 Å². The van der Waals surface area contributed by atoms with Gasteiger partial charge in [0, 0.05) is 14.2 Å². The van der Waals surface area contributed by atoms with Crippen molar-refractivity contribution >= 4 is 0 Å². The number of rotatable bonds is 6. The summed E-state index contributed by atoms with van der Waals surface area (Å²) in [6.07, 6.45) is 0. The van der Waals surface area contributed by atoms with Crippen LogP contribution in [-0.4, -0.2) is 41.0 Å². The Labute approximate surface area is 96.2 Å². The second kappa shape index (κ2) is 13.5. The van der Waals surface area contributed by atoms with E-state index in [2.05, 4.69) is 45.0 Å². The first-order valence-electron chi connectivity index (χ1n) is 4.51. The Bertz CT molecular complexity index is 297. The normalized spacial score (nSPS) is 7.88. The van der Waals surface area contributed by atoms with Crippen LogP contribution in [0.1, 0.15) is 0 Å². The Balaban J connectivity index is 3.52. The number of hydrogen-bond donors (Lipinski definition) is 0. The van der Waals surface area contributed by atoms with Crippen molar-refractivity contribution in [2.45, 2.75) is 0 Å². The highest BCUT2D eigenvalue weighted by Gasteiger charge is 1.77. The second-order valence-electron chi connectivity index (χ2n) is 2.36. The quantitative estimate of drug-likeness (QED) is 0.366. The van der Waals surface area contributed by atoms with Crippen LogP contribution in [0.5, 0.6) is 0 Å². The van der Waals surface area contributed by atoms with Crippen molar-refractivity contribution in [2.75, 3.05) is 41.0 Å². The minimum atomic E-state index is 0.235. The van der Waals surface area contributed by atoms with Crippen molar-refractivity contribution in [1.29, 1.82) is 0 Å². The predicted molar refractivity (Wildman–Crippen MR) is 59.0 cm³/mol. The van der Waals surface area contributed by atoms with Crippen LogP contribution in [0, 0.1) is 35.5 Å². The summed E-state index contributed by atoms with van der Waals surface area (Å²) in [5.41, 5.74) is 0. The summed E-state index contributed by atoms with van der Waals surface area (Å²) < 4.78 is 19.2. The molecule has 4 nitrogen and oxygen atoms in total. The van der Waals surface area contributed by atoms with Gasteiger partial charge in [0.25, 0.3) is 0 Å². The lowest BCUT2D eigenvalue weighted by Crippen LogP contribution is -1.95. The monoisotopic (exact) mass is 222 g/mol. The van der Waals surface area contributed by atoms with Crippen LogP contribution in [0.4, 0.5) is 0 Å². The molecule has 86 valence electrons. The zero-order valence-corrected chi connectivity index (χ0v) is 9.46. The zero-order chi connectivity index (χ0) is 11.9. The van der Waals surface area contributed by atoms with Gasteiger partial charge in [-0.25, -0.2) is 0 Å². The molecular weight excluding hydrogens is 208 g/mol. The van der Waals surface area contributed by atoms with Gasteiger partial charge in [-0.3, -0.25) is 0 Å². The molecule has 0 unspecified atom stereocenters. The zero-order valence-electron chi connectivity index (χ0n) is 9.46. The maximum absolute atomic E-state index is 4.92. The molecular formula is C12H14O4. The molecule has 4 heteroatoms. The minimum absolute atomic E-state index is 0.235. The Morgan fingerprint density at radius 3 is 1.50 bits per heavy atom. The molecule has 0 heterocycles. The van der Waals surface area contributed by atoms with E-state index in [0.717, 1.165) is 0 Å². The van der Waals surface area contributed by atoms with Crippen LogP contribution >= 0.6 is 0 Å². The molecule has 16 heavy (non-hydrogen) atoms. The first-order valence-corrected chi connectivity index (χ1v) is 4.51. The highest BCUT2D eigenvalue weighted by molar-refractivity contribution is 5.35. The molecule has 0 rings (SSSR count). The molecule has 0 bridgehead atoms. The van der Waals surface area contributed by atoms with Gasteiger partial charge in [-0.2, -0.15) is 0 Å². The van der Waals surface area contributed by atoms with Gasteiger partial charge in [0.15, 0.2) is 0 Å². The summed E-state index contributed by atoms with van der Waals surface area (Å²) in [7, 11) is 3.10. The van der Waals surface area contributed by atoms with Gasteiger partial charge in [-0.05, 0) is 23.7 Å².